The summed E-state index contributed by atoms with van der Waals surface area (Å²) in [6, 6.07) is 3.11. The van der Waals surface area contributed by atoms with Crippen molar-refractivity contribution in [3.05, 3.63) is 41.1 Å². The summed E-state index contributed by atoms with van der Waals surface area (Å²) in [6.45, 7) is 3.53. The Morgan fingerprint density at radius 3 is 2.46 bits per heavy atom. The Balaban J connectivity index is 1.39. The molecule has 2 heterocycles. The Morgan fingerprint density at radius 2 is 1.78 bits per heavy atom. The molecule has 37 heavy (non-hydrogen) atoms. The van der Waals surface area contributed by atoms with Gasteiger partial charge in [0.15, 0.2) is 0 Å². The highest BCUT2D eigenvalue weighted by atomic mass is 19.1. The van der Waals surface area contributed by atoms with E-state index in [9.17, 15) is 14.0 Å². The van der Waals surface area contributed by atoms with Crippen molar-refractivity contribution in [3.63, 3.8) is 0 Å². The number of nitrogens with zero attached hydrogens (tertiary/aromatic N) is 2. The summed E-state index contributed by atoms with van der Waals surface area (Å²) in [5, 5.41) is 14.8. The van der Waals surface area contributed by atoms with E-state index in [1.165, 1.54) is 12.4 Å². The average Bonchev–Trinajstić information content (AvgIpc) is 3.65. The van der Waals surface area contributed by atoms with E-state index in [-0.39, 0.29) is 29.7 Å². The van der Waals surface area contributed by atoms with Crippen molar-refractivity contribution in [1.29, 1.82) is 0 Å². The second-order valence-corrected chi connectivity index (χ2v) is 10.2. The number of halogens is 1. The fourth-order valence-electron chi connectivity index (χ4n) is 4.98. The van der Waals surface area contributed by atoms with Crippen molar-refractivity contribution in [1.82, 2.24) is 25.6 Å². The lowest BCUT2D eigenvalue weighted by molar-refractivity contribution is -0.124. The molecule has 4 N–H and O–H groups in total. The summed E-state index contributed by atoms with van der Waals surface area (Å²) in [5.41, 5.74) is 3.91. The van der Waals surface area contributed by atoms with Gasteiger partial charge in [-0.2, -0.15) is 0 Å². The number of aliphatic hydroxyl groups excluding tert-OH is 1. The number of aliphatic hydroxyl groups is 1. The molecule has 0 radical (unpaired) electrons. The van der Waals surface area contributed by atoms with E-state index >= 15 is 0 Å². The van der Waals surface area contributed by atoms with E-state index in [0.29, 0.717) is 57.4 Å². The lowest BCUT2D eigenvalue weighted by Gasteiger charge is -2.29. The quantitative estimate of drug-likeness (QED) is 0.369. The molecule has 0 atom stereocenters. The van der Waals surface area contributed by atoms with Crippen molar-refractivity contribution in [2.75, 3.05) is 13.2 Å². The number of carbonyl (C=O) groups is 2. The van der Waals surface area contributed by atoms with E-state index in [0.717, 1.165) is 38.5 Å². The van der Waals surface area contributed by atoms with Crippen molar-refractivity contribution < 1.29 is 23.8 Å². The number of aromatic nitrogens is 3. The van der Waals surface area contributed by atoms with Crippen LogP contribution in [-0.2, 0) is 4.79 Å². The van der Waals surface area contributed by atoms with Crippen LogP contribution in [0.1, 0.15) is 60.1 Å². The number of H-pyrrole nitrogens is 1. The standard InChI is InChI=1S/C27H32FN5O4/c1-14-9-19(21(10-20(14)28)37-12-16-3-4-16)24-26-25(30-13-29-24)23(15(2)31-26)27(36)33-18-7-5-17(6-8-18)32-22(35)11-34/h9-10,13,16-18,31,34H,3-8,11-12H2,1-2H3,(H,32,35)(H,33,36)/t17-,18+. The fourth-order valence-corrected chi connectivity index (χ4v) is 4.98. The van der Waals surface area contributed by atoms with Gasteiger partial charge < -0.3 is 25.5 Å². The van der Waals surface area contributed by atoms with Gasteiger partial charge in [0, 0.05) is 29.4 Å². The van der Waals surface area contributed by atoms with Crippen molar-refractivity contribution >= 4 is 22.8 Å². The van der Waals surface area contributed by atoms with Crippen LogP contribution in [0, 0.1) is 25.6 Å². The molecule has 3 aromatic rings. The molecule has 0 aliphatic heterocycles. The number of fused-ring (bicyclic) bond motifs is 1. The van der Waals surface area contributed by atoms with Crippen LogP contribution in [0.2, 0.25) is 0 Å². The Morgan fingerprint density at radius 1 is 1.08 bits per heavy atom. The van der Waals surface area contributed by atoms with Crippen LogP contribution in [0.3, 0.4) is 0 Å². The van der Waals surface area contributed by atoms with Crippen molar-refractivity contribution in [3.8, 4) is 17.0 Å². The zero-order valence-corrected chi connectivity index (χ0v) is 21.1. The van der Waals surface area contributed by atoms with Crippen LogP contribution in [0.15, 0.2) is 18.5 Å². The maximum atomic E-state index is 14.4. The molecule has 0 unspecified atom stereocenters. The number of nitrogens with one attached hydrogen (secondary N) is 3. The first kappa shape index (κ1) is 25.1. The average molecular weight is 510 g/mol. The SMILES string of the molecule is Cc1cc(-c2ncnc3c(C(=O)N[C@H]4CC[C@@H](NC(=O)CO)CC4)c(C)[nH]c23)c(OCC2CC2)cc1F. The van der Waals surface area contributed by atoms with Gasteiger partial charge in [-0.3, -0.25) is 9.59 Å². The zero-order chi connectivity index (χ0) is 26.1. The summed E-state index contributed by atoms with van der Waals surface area (Å²) >= 11 is 0. The lowest BCUT2D eigenvalue weighted by atomic mass is 9.91. The molecule has 196 valence electrons. The first-order chi connectivity index (χ1) is 17.8. The predicted octanol–water partition coefficient (Wildman–Crippen LogP) is 3.32. The fraction of sp³-hybridized carbons (Fsp3) is 0.481. The van der Waals surface area contributed by atoms with Gasteiger partial charge in [0.1, 0.15) is 35.7 Å². The zero-order valence-electron chi connectivity index (χ0n) is 21.1. The molecule has 0 bridgehead atoms. The van der Waals surface area contributed by atoms with Crippen LogP contribution in [-0.4, -0.2) is 57.2 Å². The summed E-state index contributed by atoms with van der Waals surface area (Å²) in [5.74, 6) is -0.00946. The molecular weight excluding hydrogens is 477 g/mol. The van der Waals surface area contributed by atoms with Crippen molar-refractivity contribution in [2.45, 2.75) is 64.5 Å². The molecule has 0 spiro atoms. The predicted molar refractivity (Wildman–Crippen MR) is 136 cm³/mol. The third-order valence-corrected chi connectivity index (χ3v) is 7.26. The molecule has 0 saturated heterocycles. The minimum atomic E-state index is -0.522. The second-order valence-electron chi connectivity index (χ2n) is 10.2. The van der Waals surface area contributed by atoms with Gasteiger partial charge >= 0.3 is 0 Å². The smallest absolute Gasteiger partial charge is 0.255 e. The van der Waals surface area contributed by atoms with Crippen LogP contribution >= 0.6 is 0 Å². The molecule has 1 aromatic carbocycles. The van der Waals surface area contributed by atoms with Gasteiger partial charge in [0.25, 0.3) is 5.91 Å². The summed E-state index contributed by atoms with van der Waals surface area (Å²) in [4.78, 5) is 37.0. The number of ether oxygens (including phenoxy) is 1. The largest absolute Gasteiger partial charge is 0.492 e. The first-order valence-electron chi connectivity index (χ1n) is 12.8. The number of hydrogen-bond acceptors (Lipinski definition) is 6. The van der Waals surface area contributed by atoms with Crippen molar-refractivity contribution in [2.24, 2.45) is 5.92 Å². The highest BCUT2D eigenvalue weighted by molar-refractivity contribution is 6.09. The molecule has 9 nitrogen and oxygen atoms in total. The van der Waals surface area contributed by atoms with E-state index in [1.54, 1.807) is 13.0 Å². The third kappa shape index (κ3) is 5.44. The molecule has 2 fully saturated rings. The maximum absolute atomic E-state index is 14.4. The van der Waals surface area contributed by atoms with Gasteiger partial charge in [-0.25, -0.2) is 14.4 Å². The van der Waals surface area contributed by atoms with E-state index in [4.69, 9.17) is 9.84 Å². The lowest BCUT2D eigenvalue weighted by Crippen LogP contribution is -2.44. The molecule has 10 heteroatoms. The number of aryl methyl sites for hydroxylation is 2. The Labute approximate surface area is 214 Å². The van der Waals surface area contributed by atoms with Gasteiger partial charge in [0.05, 0.1) is 17.7 Å². The number of amides is 2. The first-order valence-corrected chi connectivity index (χ1v) is 12.8. The second kappa shape index (κ2) is 10.5. The normalized spacial score (nSPS) is 19.6. The van der Waals surface area contributed by atoms with Gasteiger partial charge in [-0.15, -0.1) is 0 Å². The van der Waals surface area contributed by atoms with E-state index in [2.05, 4.69) is 25.6 Å². The monoisotopic (exact) mass is 509 g/mol. The van der Waals surface area contributed by atoms with Crippen LogP contribution in [0.25, 0.3) is 22.3 Å². The third-order valence-electron chi connectivity index (χ3n) is 7.26. The Kier molecular flexibility index (Phi) is 7.10. The van der Waals surface area contributed by atoms with E-state index < -0.39 is 6.61 Å². The minimum Gasteiger partial charge on any atom is -0.492 e. The molecule has 2 saturated carbocycles. The molecular formula is C27H32FN5O4. The molecule has 2 amide bonds. The van der Waals surface area contributed by atoms with Gasteiger partial charge in [-0.05, 0) is 69.9 Å². The maximum Gasteiger partial charge on any atom is 0.255 e. The Hall–Kier alpha value is -3.53. The number of rotatable bonds is 8. The van der Waals surface area contributed by atoms with Crippen LogP contribution in [0.4, 0.5) is 4.39 Å². The van der Waals surface area contributed by atoms with E-state index in [1.807, 2.05) is 6.92 Å². The molecule has 2 aliphatic carbocycles. The van der Waals surface area contributed by atoms with Crippen LogP contribution < -0.4 is 15.4 Å². The number of aromatic amines is 1. The highest BCUT2D eigenvalue weighted by Crippen LogP contribution is 2.37. The summed E-state index contributed by atoms with van der Waals surface area (Å²) < 4.78 is 20.4. The number of hydrogen-bond donors (Lipinski definition) is 4. The summed E-state index contributed by atoms with van der Waals surface area (Å²) in [7, 11) is 0. The molecule has 2 aliphatic rings. The van der Waals surface area contributed by atoms with Gasteiger partial charge in [-0.1, -0.05) is 0 Å². The summed E-state index contributed by atoms with van der Waals surface area (Å²) in [6.07, 6.45) is 6.55. The minimum absolute atomic E-state index is 0.00780. The molecule has 5 rings (SSSR count). The van der Waals surface area contributed by atoms with Gasteiger partial charge in [0.2, 0.25) is 5.91 Å². The highest BCUT2D eigenvalue weighted by Gasteiger charge is 2.28. The van der Waals surface area contributed by atoms with Crippen LogP contribution in [0.5, 0.6) is 5.75 Å². The molecule has 2 aromatic heterocycles. The number of carbonyl (C=O) groups excluding carboxylic acids is 2. The topological polar surface area (TPSA) is 129 Å². The Bertz CT molecular complexity index is 1330. The number of benzene rings is 1.